The van der Waals surface area contributed by atoms with Crippen LogP contribution in [0, 0.1) is 11.3 Å². The Morgan fingerprint density at radius 1 is 1.09 bits per heavy atom. The third-order valence-corrected chi connectivity index (χ3v) is 6.12. The summed E-state index contributed by atoms with van der Waals surface area (Å²) in [6.45, 7) is 6.17. The summed E-state index contributed by atoms with van der Waals surface area (Å²) in [6, 6.07) is 22.8. The first-order valence-electron chi connectivity index (χ1n) is 10.9. The molecule has 0 saturated heterocycles. The number of carbonyl (C=O) groups is 1. The van der Waals surface area contributed by atoms with Gasteiger partial charge >= 0.3 is 0 Å². The molecule has 0 bridgehead atoms. The Labute approximate surface area is 200 Å². The Balaban J connectivity index is 1.54. The molecule has 2 atom stereocenters. The van der Waals surface area contributed by atoms with Gasteiger partial charge in [0.2, 0.25) is 0 Å². The van der Waals surface area contributed by atoms with Gasteiger partial charge in [-0.2, -0.15) is 5.26 Å². The van der Waals surface area contributed by atoms with E-state index in [4.69, 9.17) is 9.26 Å². The fourth-order valence-electron chi connectivity index (χ4n) is 3.72. The standard InChI is InChI=1S/C26H26N4O3Si/c1-34(2,3)33-26(18-27,20-9-5-4-6-10-20)21-11-13-22(14-12-21)29-25(31)24-16-23(30-32-24)19-8-7-15-28-17-19/h4-17,24,30H,1-3H3,(H,29,31). The predicted molar refractivity (Wildman–Crippen MR) is 133 cm³/mol. The average Bonchev–Trinajstić information content (AvgIpc) is 3.34. The van der Waals surface area contributed by atoms with E-state index >= 15 is 0 Å². The number of amides is 1. The van der Waals surface area contributed by atoms with Crippen molar-refractivity contribution in [2.24, 2.45) is 0 Å². The largest absolute Gasteiger partial charge is 0.393 e. The van der Waals surface area contributed by atoms with Crippen LogP contribution in [0.3, 0.4) is 0 Å². The van der Waals surface area contributed by atoms with Gasteiger partial charge in [-0.25, -0.2) is 0 Å². The maximum Gasteiger partial charge on any atom is 0.260 e. The number of benzene rings is 2. The van der Waals surface area contributed by atoms with Crippen LogP contribution in [0.4, 0.5) is 5.69 Å². The van der Waals surface area contributed by atoms with E-state index in [0.717, 1.165) is 11.1 Å². The lowest BCUT2D eigenvalue weighted by molar-refractivity contribution is -0.125. The van der Waals surface area contributed by atoms with Gasteiger partial charge in [-0.1, -0.05) is 42.5 Å². The van der Waals surface area contributed by atoms with Crippen molar-refractivity contribution in [2.75, 3.05) is 5.32 Å². The smallest absolute Gasteiger partial charge is 0.260 e. The molecule has 2 unspecified atom stereocenters. The van der Waals surface area contributed by atoms with Gasteiger partial charge in [-0.05, 0) is 50.0 Å². The van der Waals surface area contributed by atoms with Crippen molar-refractivity contribution in [2.45, 2.75) is 31.3 Å². The molecule has 1 amide bonds. The summed E-state index contributed by atoms with van der Waals surface area (Å²) in [7, 11) is -2.10. The van der Waals surface area contributed by atoms with Crippen LogP contribution in [0.25, 0.3) is 5.70 Å². The number of hydrogen-bond donors (Lipinski definition) is 2. The second-order valence-corrected chi connectivity index (χ2v) is 13.3. The van der Waals surface area contributed by atoms with Gasteiger partial charge in [0.15, 0.2) is 20.0 Å². The second-order valence-electron chi connectivity index (χ2n) is 8.90. The molecule has 2 N–H and O–H groups in total. The van der Waals surface area contributed by atoms with Crippen molar-refractivity contribution < 1.29 is 14.1 Å². The van der Waals surface area contributed by atoms with Gasteiger partial charge < -0.3 is 9.74 Å². The van der Waals surface area contributed by atoms with Crippen molar-refractivity contribution >= 4 is 25.6 Å². The van der Waals surface area contributed by atoms with E-state index in [1.165, 1.54) is 0 Å². The van der Waals surface area contributed by atoms with E-state index in [2.05, 4.69) is 41.5 Å². The normalized spacial score (nSPS) is 17.1. The number of nitrogens with one attached hydrogen (secondary N) is 2. The van der Waals surface area contributed by atoms with Crippen LogP contribution < -0.4 is 10.8 Å². The molecule has 1 aliphatic heterocycles. The predicted octanol–water partition coefficient (Wildman–Crippen LogP) is 4.58. The van der Waals surface area contributed by atoms with Crippen LogP contribution in [0.1, 0.15) is 16.7 Å². The van der Waals surface area contributed by atoms with Gasteiger partial charge in [0.05, 0.1) is 5.70 Å². The first kappa shape index (κ1) is 23.4. The van der Waals surface area contributed by atoms with Crippen LogP contribution in [-0.2, 0) is 19.7 Å². The number of hydrogen-bond acceptors (Lipinski definition) is 6. The van der Waals surface area contributed by atoms with Crippen molar-refractivity contribution in [3.05, 3.63) is 102 Å². The second kappa shape index (κ2) is 9.61. The molecule has 7 nitrogen and oxygen atoms in total. The summed E-state index contributed by atoms with van der Waals surface area (Å²) < 4.78 is 6.45. The fraction of sp³-hybridized carbons (Fsp3) is 0.192. The number of hydroxylamine groups is 1. The molecule has 0 fully saturated rings. The summed E-state index contributed by atoms with van der Waals surface area (Å²) >= 11 is 0. The molecule has 4 rings (SSSR count). The highest BCUT2D eigenvalue weighted by Gasteiger charge is 2.40. The van der Waals surface area contributed by atoms with E-state index in [-0.39, 0.29) is 5.91 Å². The summed E-state index contributed by atoms with van der Waals surface area (Å²) in [4.78, 5) is 22.2. The zero-order chi connectivity index (χ0) is 24.2. The molecular formula is C26H26N4O3Si. The van der Waals surface area contributed by atoms with Crippen LogP contribution >= 0.6 is 0 Å². The monoisotopic (exact) mass is 470 g/mol. The Bertz CT molecular complexity index is 1220. The molecule has 1 aliphatic rings. The Hall–Kier alpha value is -3.77. The van der Waals surface area contributed by atoms with Gasteiger partial charge in [-0.15, -0.1) is 0 Å². The van der Waals surface area contributed by atoms with Crippen molar-refractivity contribution in [3.8, 4) is 6.07 Å². The molecule has 2 heterocycles. The van der Waals surface area contributed by atoms with E-state index < -0.39 is 20.0 Å². The summed E-state index contributed by atoms with van der Waals surface area (Å²) in [5, 5.41) is 13.1. The third-order valence-electron chi connectivity index (χ3n) is 5.20. The topological polar surface area (TPSA) is 96.3 Å². The fourth-order valence-corrected chi connectivity index (χ4v) is 4.92. The lowest BCUT2D eigenvalue weighted by Crippen LogP contribution is -2.40. The number of aromatic nitrogens is 1. The van der Waals surface area contributed by atoms with Gasteiger partial charge in [0.25, 0.3) is 5.91 Å². The van der Waals surface area contributed by atoms with Crippen LogP contribution in [0.15, 0.2) is 85.2 Å². The van der Waals surface area contributed by atoms with Crippen molar-refractivity contribution in [1.29, 1.82) is 5.26 Å². The van der Waals surface area contributed by atoms with Crippen LogP contribution in [0.2, 0.25) is 19.6 Å². The number of carbonyl (C=O) groups excluding carboxylic acids is 1. The van der Waals surface area contributed by atoms with E-state index in [1.54, 1.807) is 30.6 Å². The lowest BCUT2D eigenvalue weighted by Gasteiger charge is -2.34. The minimum absolute atomic E-state index is 0.313. The Morgan fingerprint density at radius 3 is 2.41 bits per heavy atom. The maximum absolute atomic E-state index is 12.7. The first-order valence-corrected chi connectivity index (χ1v) is 14.3. The van der Waals surface area contributed by atoms with Crippen LogP contribution in [0.5, 0.6) is 0 Å². The molecule has 172 valence electrons. The maximum atomic E-state index is 12.7. The first-order chi connectivity index (χ1) is 16.3. The van der Waals surface area contributed by atoms with E-state index in [0.29, 0.717) is 16.9 Å². The number of nitrogens with zero attached hydrogens (tertiary/aromatic N) is 2. The molecule has 0 radical (unpaired) electrons. The average molecular weight is 471 g/mol. The van der Waals surface area contributed by atoms with E-state index in [1.807, 2.05) is 54.6 Å². The highest BCUT2D eigenvalue weighted by Crippen LogP contribution is 2.36. The summed E-state index contributed by atoms with van der Waals surface area (Å²) in [6.07, 6.45) is 4.30. The van der Waals surface area contributed by atoms with Crippen molar-refractivity contribution in [3.63, 3.8) is 0 Å². The highest BCUT2D eigenvalue weighted by atomic mass is 28.4. The summed E-state index contributed by atoms with van der Waals surface area (Å²) in [5.41, 5.74) is 5.14. The molecule has 1 aromatic heterocycles. The van der Waals surface area contributed by atoms with Crippen LogP contribution in [-0.4, -0.2) is 25.3 Å². The zero-order valence-corrected chi connectivity index (χ0v) is 20.3. The third kappa shape index (κ3) is 5.07. The van der Waals surface area contributed by atoms with E-state index in [9.17, 15) is 10.1 Å². The van der Waals surface area contributed by atoms with Gasteiger partial charge in [0.1, 0.15) is 6.07 Å². The molecule has 34 heavy (non-hydrogen) atoms. The minimum atomic E-state index is -2.10. The van der Waals surface area contributed by atoms with Gasteiger partial charge in [0, 0.05) is 34.8 Å². The number of rotatable bonds is 7. The lowest BCUT2D eigenvalue weighted by atomic mass is 9.87. The molecule has 0 saturated carbocycles. The quantitative estimate of drug-likeness (QED) is 0.491. The Morgan fingerprint density at radius 2 is 1.79 bits per heavy atom. The molecule has 0 aliphatic carbocycles. The minimum Gasteiger partial charge on any atom is -0.393 e. The molecule has 0 spiro atoms. The molecule has 2 aromatic carbocycles. The Kier molecular flexibility index (Phi) is 6.61. The van der Waals surface area contributed by atoms with Crippen molar-refractivity contribution in [1.82, 2.24) is 10.5 Å². The SMILES string of the molecule is C[Si](C)(C)OC(C#N)(c1ccccc1)c1ccc(NC(=O)C2C=C(c3cccnc3)NO2)cc1. The number of pyridine rings is 1. The number of anilines is 1. The van der Waals surface area contributed by atoms with Gasteiger partial charge in [-0.3, -0.25) is 20.1 Å². The number of nitriles is 1. The molecular weight excluding hydrogens is 444 g/mol. The molecule has 3 aromatic rings. The highest BCUT2D eigenvalue weighted by molar-refractivity contribution is 6.69. The molecule has 8 heteroatoms. The zero-order valence-electron chi connectivity index (χ0n) is 19.3. The summed E-state index contributed by atoms with van der Waals surface area (Å²) in [5.74, 6) is -0.313.